The Morgan fingerprint density at radius 2 is 2.03 bits per heavy atom. The van der Waals surface area contributed by atoms with E-state index in [0.717, 1.165) is 42.0 Å². The van der Waals surface area contributed by atoms with Crippen molar-refractivity contribution in [1.29, 1.82) is 5.26 Å². The molecule has 30 heavy (non-hydrogen) atoms. The first-order valence-electron chi connectivity index (χ1n) is 10.5. The fraction of sp³-hybridized carbons (Fsp3) is 0.545. The fourth-order valence-electron chi connectivity index (χ4n) is 4.48. The quantitative estimate of drug-likeness (QED) is 0.712. The van der Waals surface area contributed by atoms with Crippen LogP contribution in [0, 0.1) is 31.1 Å². The highest BCUT2D eigenvalue weighted by Gasteiger charge is 2.43. The highest BCUT2D eigenvalue weighted by atomic mass is 16.4. The Balaban J connectivity index is 1.46. The number of carbonyl (C=O) groups excluding carboxylic acids is 1. The third-order valence-electron chi connectivity index (χ3n) is 6.41. The Kier molecular flexibility index (Phi) is 5.58. The number of nitrogens with one attached hydrogen (secondary N) is 3. The van der Waals surface area contributed by atoms with Crippen LogP contribution in [0.15, 0.2) is 16.8 Å². The minimum atomic E-state index is -0.180. The predicted molar refractivity (Wildman–Crippen MR) is 110 cm³/mol. The van der Waals surface area contributed by atoms with E-state index in [-0.39, 0.29) is 23.9 Å². The Labute approximate surface area is 176 Å². The zero-order valence-electron chi connectivity index (χ0n) is 17.8. The van der Waals surface area contributed by atoms with Crippen LogP contribution >= 0.6 is 0 Å². The van der Waals surface area contributed by atoms with Crippen molar-refractivity contribution in [1.82, 2.24) is 26.1 Å². The number of aromatic nitrogens is 2. The zero-order chi connectivity index (χ0) is 21.4. The van der Waals surface area contributed by atoms with Gasteiger partial charge in [-0.25, -0.2) is 15.4 Å². The molecule has 4 atom stereocenters. The number of nitrogens with zero attached hydrogens (tertiary/aromatic N) is 3. The molecule has 1 amide bonds. The lowest BCUT2D eigenvalue weighted by Gasteiger charge is -2.33. The van der Waals surface area contributed by atoms with E-state index in [1.807, 2.05) is 20.0 Å². The fourth-order valence-corrected chi connectivity index (χ4v) is 4.48. The van der Waals surface area contributed by atoms with Crippen molar-refractivity contribution in [3.05, 3.63) is 46.4 Å². The van der Waals surface area contributed by atoms with Gasteiger partial charge in [0.1, 0.15) is 17.5 Å². The molecule has 8 heteroatoms. The van der Waals surface area contributed by atoms with Crippen LogP contribution in [-0.4, -0.2) is 28.0 Å². The summed E-state index contributed by atoms with van der Waals surface area (Å²) in [6, 6.07) is 2.55. The van der Waals surface area contributed by atoms with Gasteiger partial charge in [0.05, 0.1) is 17.8 Å². The van der Waals surface area contributed by atoms with Crippen molar-refractivity contribution in [3.8, 4) is 6.07 Å². The molecule has 2 aromatic heterocycles. The third-order valence-corrected chi connectivity index (χ3v) is 6.41. The summed E-state index contributed by atoms with van der Waals surface area (Å²) in [7, 11) is 0. The van der Waals surface area contributed by atoms with Crippen molar-refractivity contribution in [2.24, 2.45) is 5.92 Å². The van der Waals surface area contributed by atoms with Gasteiger partial charge in [0.25, 0.3) is 5.91 Å². The van der Waals surface area contributed by atoms with Gasteiger partial charge in [-0.3, -0.25) is 10.2 Å². The van der Waals surface area contributed by atoms with E-state index in [9.17, 15) is 4.79 Å². The lowest BCUT2D eigenvalue weighted by atomic mass is 9.78. The topological polar surface area (TPSA) is 116 Å². The molecular formula is C22H28N6O2. The summed E-state index contributed by atoms with van der Waals surface area (Å²) >= 11 is 0. The predicted octanol–water partition coefficient (Wildman–Crippen LogP) is 2.80. The summed E-state index contributed by atoms with van der Waals surface area (Å²) in [6.07, 6.45) is 5.99. The molecule has 1 aliphatic carbocycles. The second-order valence-electron chi connectivity index (χ2n) is 8.66. The first-order valence-corrected chi connectivity index (χ1v) is 10.5. The molecule has 2 aliphatic rings. The van der Waals surface area contributed by atoms with E-state index in [1.54, 1.807) is 0 Å². The number of pyridine rings is 1. The van der Waals surface area contributed by atoms with Crippen molar-refractivity contribution in [3.63, 3.8) is 0 Å². The van der Waals surface area contributed by atoms with Crippen LogP contribution in [0.25, 0.3) is 0 Å². The van der Waals surface area contributed by atoms with Crippen molar-refractivity contribution >= 4 is 5.91 Å². The van der Waals surface area contributed by atoms with Gasteiger partial charge in [0.2, 0.25) is 0 Å². The normalized spacial score (nSPS) is 25.7. The molecule has 0 aromatic carbocycles. The largest absolute Gasteiger partial charge is 0.444 e. The lowest BCUT2D eigenvalue weighted by Crippen LogP contribution is -2.44. The average Bonchev–Trinajstić information content (AvgIpc) is 3.36. The van der Waals surface area contributed by atoms with Crippen molar-refractivity contribution < 1.29 is 9.21 Å². The van der Waals surface area contributed by atoms with E-state index >= 15 is 0 Å². The van der Waals surface area contributed by atoms with Gasteiger partial charge in [0.15, 0.2) is 5.89 Å². The number of hydrogen-bond donors (Lipinski definition) is 3. The summed E-state index contributed by atoms with van der Waals surface area (Å²) in [5.41, 5.74) is 9.20. The Bertz CT molecular complexity index is 992. The Hall–Kier alpha value is -2.76. The molecule has 4 unspecified atom stereocenters. The smallest absolute Gasteiger partial charge is 0.270 e. The summed E-state index contributed by atoms with van der Waals surface area (Å²) in [5.74, 6) is 1.95. The number of carbonyl (C=O) groups is 1. The monoisotopic (exact) mass is 408 g/mol. The van der Waals surface area contributed by atoms with E-state index < -0.39 is 0 Å². The number of nitriles is 1. The number of oxazole rings is 1. The number of hydrazine groups is 1. The van der Waals surface area contributed by atoms with Gasteiger partial charge >= 0.3 is 0 Å². The standard InChI is InChI=1S/C22H28N6O2/c1-11(2)22-25-10-18(30-22)20-16-7-15(5-6-17(16)27-28-20)26-21(29)19-13(4)12(3)14(8-23)9-24-19/h9-11,15-17,20,27-28H,5-7H2,1-4H3,(H,26,29). The molecule has 0 spiro atoms. The number of fused-ring (bicyclic) bond motifs is 1. The van der Waals surface area contributed by atoms with Gasteiger partial charge < -0.3 is 9.73 Å². The highest BCUT2D eigenvalue weighted by Crippen LogP contribution is 2.38. The van der Waals surface area contributed by atoms with Crippen LogP contribution in [-0.2, 0) is 0 Å². The minimum absolute atomic E-state index is 0.0340. The van der Waals surface area contributed by atoms with Crippen LogP contribution in [0.5, 0.6) is 0 Å². The first-order chi connectivity index (χ1) is 14.4. The highest BCUT2D eigenvalue weighted by molar-refractivity contribution is 5.94. The van der Waals surface area contributed by atoms with Crippen LogP contribution in [0.3, 0.4) is 0 Å². The maximum Gasteiger partial charge on any atom is 0.270 e. The second kappa shape index (κ2) is 8.17. The molecule has 0 radical (unpaired) electrons. The van der Waals surface area contributed by atoms with E-state index in [4.69, 9.17) is 9.68 Å². The zero-order valence-corrected chi connectivity index (χ0v) is 17.8. The maximum atomic E-state index is 12.9. The van der Waals surface area contributed by atoms with E-state index in [1.165, 1.54) is 6.20 Å². The lowest BCUT2D eigenvalue weighted by molar-refractivity contribution is 0.0908. The molecule has 2 fully saturated rings. The molecule has 3 heterocycles. The van der Waals surface area contributed by atoms with Gasteiger partial charge in [-0.2, -0.15) is 5.26 Å². The molecule has 158 valence electrons. The van der Waals surface area contributed by atoms with Gasteiger partial charge in [-0.15, -0.1) is 0 Å². The second-order valence-corrected chi connectivity index (χ2v) is 8.66. The Morgan fingerprint density at radius 3 is 2.73 bits per heavy atom. The summed E-state index contributed by atoms with van der Waals surface area (Å²) in [6.45, 7) is 7.81. The SMILES string of the molecule is Cc1c(C#N)cnc(C(=O)NC2CCC3NNC(c4cnc(C(C)C)o4)C3C2)c1C. The average molecular weight is 409 g/mol. The molecule has 3 N–H and O–H groups in total. The van der Waals surface area contributed by atoms with E-state index in [0.29, 0.717) is 23.2 Å². The molecule has 2 aromatic rings. The van der Waals surface area contributed by atoms with Crippen LogP contribution in [0.2, 0.25) is 0 Å². The van der Waals surface area contributed by atoms with Gasteiger partial charge in [-0.05, 0) is 44.2 Å². The number of rotatable bonds is 4. The molecule has 0 bridgehead atoms. The minimum Gasteiger partial charge on any atom is -0.444 e. The maximum absolute atomic E-state index is 12.9. The molecular weight excluding hydrogens is 380 g/mol. The van der Waals surface area contributed by atoms with Crippen LogP contribution < -0.4 is 16.2 Å². The molecule has 1 saturated carbocycles. The van der Waals surface area contributed by atoms with Crippen molar-refractivity contribution in [2.75, 3.05) is 0 Å². The number of amides is 1. The molecule has 8 nitrogen and oxygen atoms in total. The Morgan fingerprint density at radius 1 is 1.23 bits per heavy atom. The summed E-state index contributed by atoms with van der Waals surface area (Å²) < 4.78 is 5.98. The molecule has 1 aliphatic heterocycles. The van der Waals surface area contributed by atoms with Crippen LogP contribution in [0.4, 0.5) is 0 Å². The van der Waals surface area contributed by atoms with Gasteiger partial charge in [-0.1, -0.05) is 13.8 Å². The summed E-state index contributed by atoms with van der Waals surface area (Å²) in [5, 5.41) is 12.3. The first kappa shape index (κ1) is 20.5. The van der Waals surface area contributed by atoms with E-state index in [2.05, 4.69) is 46.1 Å². The van der Waals surface area contributed by atoms with Gasteiger partial charge in [0, 0.05) is 30.1 Å². The molecule has 4 rings (SSSR count). The molecule has 1 saturated heterocycles. The van der Waals surface area contributed by atoms with Crippen LogP contribution in [0.1, 0.15) is 83.9 Å². The third kappa shape index (κ3) is 3.71. The van der Waals surface area contributed by atoms with Crippen molar-refractivity contribution in [2.45, 2.75) is 71.0 Å². The number of hydrogen-bond acceptors (Lipinski definition) is 7. The summed E-state index contributed by atoms with van der Waals surface area (Å²) in [4.78, 5) is 21.5.